The van der Waals surface area contributed by atoms with Gasteiger partial charge in [0.25, 0.3) is 0 Å². The zero-order chi connectivity index (χ0) is 10.0. The highest BCUT2D eigenvalue weighted by molar-refractivity contribution is 5.72. The third-order valence-electron chi connectivity index (χ3n) is 3.68. The SMILES string of the molecule is O=C(O)C1CCOC12CCCCCC2. The molecule has 1 N–H and O–H groups in total. The van der Waals surface area contributed by atoms with Gasteiger partial charge in [-0.05, 0) is 19.3 Å². The van der Waals surface area contributed by atoms with Crippen molar-refractivity contribution < 1.29 is 14.6 Å². The number of aliphatic carboxylic acids is 1. The van der Waals surface area contributed by atoms with Gasteiger partial charge in [-0.3, -0.25) is 4.79 Å². The highest BCUT2D eigenvalue weighted by Crippen LogP contribution is 2.42. The van der Waals surface area contributed by atoms with E-state index < -0.39 is 5.97 Å². The Bertz CT molecular complexity index is 217. The monoisotopic (exact) mass is 198 g/mol. The molecule has 1 spiro atoms. The molecule has 3 nitrogen and oxygen atoms in total. The number of ether oxygens (including phenoxy) is 1. The minimum Gasteiger partial charge on any atom is -0.481 e. The zero-order valence-corrected chi connectivity index (χ0v) is 8.50. The molecule has 0 aromatic rings. The average Bonchev–Trinajstić information content (AvgIpc) is 2.39. The first kappa shape index (κ1) is 9.97. The predicted octanol–water partition coefficient (Wildman–Crippen LogP) is 2.20. The van der Waals surface area contributed by atoms with Gasteiger partial charge < -0.3 is 9.84 Å². The number of rotatable bonds is 1. The summed E-state index contributed by atoms with van der Waals surface area (Å²) in [5.74, 6) is -0.912. The first-order valence-electron chi connectivity index (χ1n) is 5.61. The molecule has 1 unspecified atom stereocenters. The van der Waals surface area contributed by atoms with E-state index in [1.54, 1.807) is 0 Å². The first-order chi connectivity index (χ1) is 6.75. The Kier molecular flexibility index (Phi) is 2.77. The van der Waals surface area contributed by atoms with E-state index in [0.29, 0.717) is 13.0 Å². The molecule has 1 aliphatic heterocycles. The highest BCUT2D eigenvalue weighted by atomic mass is 16.5. The number of carbonyl (C=O) groups is 1. The van der Waals surface area contributed by atoms with Gasteiger partial charge in [0.1, 0.15) is 0 Å². The maximum Gasteiger partial charge on any atom is 0.309 e. The summed E-state index contributed by atoms with van der Waals surface area (Å²) in [6.07, 6.45) is 7.33. The molecular weight excluding hydrogens is 180 g/mol. The van der Waals surface area contributed by atoms with E-state index in [2.05, 4.69) is 0 Å². The molecule has 0 aromatic heterocycles. The van der Waals surface area contributed by atoms with Crippen molar-refractivity contribution in [2.75, 3.05) is 6.61 Å². The Morgan fingerprint density at radius 2 is 1.86 bits per heavy atom. The molecule has 1 atom stereocenters. The van der Waals surface area contributed by atoms with E-state index in [9.17, 15) is 4.79 Å². The maximum atomic E-state index is 11.1. The summed E-state index contributed by atoms with van der Waals surface area (Å²) in [4.78, 5) is 11.1. The minimum atomic E-state index is -0.663. The molecule has 0 aromatic carbocycles. The summed E-state index contributed by atoms with van der Waals surface area (Å²) in [7, 11) is 0. The molecule has 1 heterocycles. The Morgan fingerprint density at radius 3 is 2.43 bits per heavy atom. The second-order valence-corrected chi connectivity index (χ2v) is 4.51. The Labute approximate surface area is 84.4 Å². The van der Waals surface area contributed by atoms with E-state index >= 15 is 0 Å². The first-order valence-corrected chi connectivity index (χ1v) is 5.61. The summed E-state index contributed by atoms with van der Waals surface area (Å²) < 4.78 is 5.75. The minimum absolute atomic E-state index is 0.249. The normalized spacial score (nSPS) is 31.6. The number of hydrogen-bond acceptors (Lipinski definition) is 2. The van der Waals surface area contributed by atoms with Gasteiger partial charge in [-0.25, -0.2) is 0 Å². The molecular formula is C11H18O3. The Morgan fingerprint density at radius 1 is 1.21 bits per heavy atom. The lowest BCUT2D eigenvalue weighted by molar-refractivity contribution is -0.149. The van der Waals surface area contributed by atoms with Crippen molar-refractivity contribution in [2.45, 2.75) is 50.5 Å². The molecule has 2 aliphatic rings. The van der Waals surface area contributed by atoms with Crippen LogP contribution >= 0.6 is 0 Å². The number of hydrogen-bond donors (Lipinski definition) is 1. The van der Waals surface area contributed by atoms with Gasteiger partial charge in [0.2, 0.25) is 0 Å². The van der Waals surface area contributed by atoms with Crippen molar-refractivity contribution in [2.24, 2.45) is 5.92 Å². The van der Waals surface area contributed by atoms with Crippen molar-refractivity contribution in [3.8, 4) is 0 Å². The fourth-order valence-corrected chi connectivity index (χ4v) is 2.91. The van der Waals surface area contributed by atoms with E-state index in [4.69, 9.17) is 9.84 Å². The molecule has 1 aliphatic carbocycles. The molecule has 0 radical (unpaired) electrons. The molecule has 80 valence electrons. The van der Waals surface area contributed by atoms with Crippen molar-refractivity contribution in [1.82, 2.24) is 0 Å². The topological polar surface area (TPSA) is 46.5 Å². The van der Waals surface area contributed by atoms with Crippen LogP contribution in [0.4, 0.5) is 0 Å². The summed E-state index contributed by atoms with van der Waals surface area (Å²) >= 11 is 0. The quantitative estimate of drug-likeness (QED) is 0.702. The van der Waals surface area contributed by atoms with Crippen molar-refractivity contribution in [3.63, 3.8) is 0 Å². The van der Waals surface area contributed by atoms with Crippen LogP contribution in [0, 0.1) is 5.92 Å². The Hall–Kier alpha value is -0.570. The summed E-state index contributed by atoms with van der Waals surface area (Å²) in [6, 6.07) is 0. The third kappa shape index (κ3) is 1.65. The second kappa shape index (κ2) is 3.89. The molecule has 2 fully saturated rings. The fourth-order valence-electron chi connectivity index (χ4n) is 2.91. The van der Waals surface area contributed by atoms with Crippen LogP contribution in [0.2, 0.25) is 0 Å². The average molecular weight is 198 g/mol. The van der Waals surface area contributed by atoms with E-state index in [-0.39, 0.29) is 11.5 Å². The van der Waals surface area contributed by atoms with Crippen LogP contribution in [0.15, 0.2) is 0 Å². The maximum absolute atomic E-state index is 11.1. The van der Waals surface area contributed by atoms with Gasteiger partial charge >= 0.3 is 5.97 Å². The van der Waals surface area contributed by atoms with Gasteiger partial charge in [0.05, 0.1) is 11.5 Å². The van der Waals surface area contributed by atoms with Crippen molar-refractivity contribution in [3.05, 3.63) is 0 Å². The highest BCUT2D eigenvalue weighted by Gasteiger charge is 2.47. The third-order valence-corrected chi connectivity index (χ3v) is 3.68. The van der Waals surface area contributed by atoms with Crippen LogP contribution in [0.1, 0.15) is 44.9 Å². The van der Waals surface area contributed by atoms with Crippen LogP contribution in [-0.4, -0.2) is 23.3 Å². The second-order valence-electron chi connectivity index (χ2n) is 4.51. The fraction of sp³-hybridized carbons (Fsp3) is 0.909. The lowest BCUT2D eigenvalue weighted by Crippen LogP contribution is -2.39. The van der Waals surface area contributed by atoms with Gasteiger partial charge in [0.15, 0.2) is 0 Å². The molecule has 3 heteroatoms. The summed E-state index contributed by atoms with van der Waals surface area (Å²) in [6.45, 7) is 0.636. The summed E-state index contributed by atoms with van der Waals surface area (Å²) in [5.41, 5.74) is -0.303. The van der Waals surface area contributed by atoms with Crippen molar-refractivity contribution >= 4 is 5.97 Å². The van der Waals surface area contributed by atoms with Crippen LogP contribution in [0.25, 0.3) is 0 Å². The van der Waals surface area contributed by atoms with Crippen LogP contribution in [-0.2, 0) is 9.53 Å². The molecule has 1 saturated heterocycles. The smallest absolute Gasteiger partial charge is 0.309 e. The van der Waals surface area contributed by atoms with Crippen LogP contribution in [0.5, 0.6) is 0 Å². The Balaban J connectivity index is 2.14. The van der Waals surface area contributed by atoms with Crippen LogP contribution < -0.4 is 0 Å². The predicted molar refractivity (Wildman–Crippen MR) is 52.1 cm³/mol. The van der Waals surface area contributed by atoms with E-state index in [1.807, 2.05) is 0 Å². The zero-order valence-electron chi connectivity index (χ0n) is 8.50. The van der Waals surface area contributed by atoms with Gasteiger partial charge in [0, 0.05) is 6.61 Å². The molecule has 0 bridgehead atoms. The largest absolute Gasteiger partial charge is 0.481 e. The molecule has 14 heavy (non-hydrogen) atoms. The van der Waals surface area contributed by atoms with E-state index in [0.717, 1.165) is 25.7 Å². The molecule has 2 rings (SSSR count). The lowest BCUT2D eigenvalue weighted by atomic mass is 9.81. The van der Waals surface area contributed by atoms with Gasteiger partial charge in [-0.2, -0.15) is 0 Å². The lowest BCUT2D eigenvalue weighted by Gasteiger charge is -2.31. The van der Waals surface area contributed by atoms with Crippen molar-refractivity contribution in [1.29, 1.82) is 0 Å². The number of carboxylic acids is 1. The van der Waals surface area contributed by atoms with Gasteiger partial charge in [-0.15, -0.1) is 0 Å². The molecule has 0 amide bonds. The van der Waals surface area contributed by atoms with E-state index in [1.165, 1.54) is 12.8 Å². The molecule has 1 saturated carbocycles. The number of carboxylic acid groups (broad SMARTS) is 1. The summed E-state index contributed by atoms with van der Waals surface area (Å²) in [5, 5.41) is 9.14. The van der Waals surface area contributed by atoms with Gasteiger partial charge in [-0.1, -0.05) is 25.7 Å². The van der Waals surface area contributed by atoms with Crippen LogP contribution in [0.3, 0.4) is 0 Å². The standard InChI is InChI=1S/C11H18O3/c12-10(13)9-5-8-14-11(9)6-3-1-2-4-7-11/h9H,1-8H2,(H,12,13).